The molecule has 0 saturated carbocycles. The average molecular weight is 568 g/mol. The zero-order valence-electron chi connectivity index (χ0n) is 23.1. The molecular weight excluding hydrogens is 537 g/mol. The van der Waals surface area contributed by atoms with Crippen molar-refractivity contribution in [3.8, 4) is 22.5 Å². The minimum atomic E-state index is -3.72. The summed E-state index contributed by atoms with van der Waals surface area (Å²) in [6, 6.07) is 15.2. The summed E-state index contributed by atoms with van der Waals surface area (Å²) in [5.74, 6) is -1.50. The molecular formula is C30H30FNO7S. The second-order valence-electron chi connectivity index (χ2n) is 10.2. The Bertz CT molecular complexity index is 1700. The largest absolute Gasteiger partial charge is 0.462 e. The van der Waals surface area contributed by atoms with Crippen molar-refractivity contribution in [2.24, 2.45) is 0 Å². The smallest absolute Gasteiger partial charge is 0.342 e. The van der Waals surface area contributed by atoms with Gasteiger partial charge in [0.2, 0.25) is 10.0 Å². The van der Waals surface area contributed by atoms with Crippen LogP contribution in [0.3, 0.4) is 0 Å². The summed E-state index contributed by atoms with van der Waals surface area (Å²) in [5, 5.41) is 0.362. The first-order valence-corrected chi connectivity index (χ1v) is 14.4. The zero-order valence-corrected chi connectivity index (χ0v) is 23.9. The lowest BCUT2D eigenvalue weighted by molar-refractivity contribution is 0.00692. The number of halogens is 1. The molecule has 10 heteroatoms. The number of ether oxygens (including phenoxy) is 2. The minimum Gasteiger partial charge on any atom is -0.462 e. The summed E-state index contributed by atoms with van der Waals surface area (Å²) in [7, 11) is -2.33. The van der Waals surface area contributed by atoms with E-state index in [-0.39, 0.29) is 34.8 Å². The van der Waals surface area contributed by atoms with E-state index in [0.29, 0.717) is 22.1 Å². The van der Waals surface area contributed by atoms with Crippen LogP contribution < -0.4 is 4.31 Å². The van der Waals surface area contributed by atoms with Gasteiger partial charge in [0, 0.05) is 29.6 Å². The molecule has 0 bridgehead atoms. The lowest BCUT2D eigenvalue weighted by atomic mass is 9.97. The van der Waals surface area contributed by atoms with E-state index in [2.05, 4.69) is 0 Å². The van der Waals surface area contributed by atoms with Crippen molar-refractivity contribution in [3.63, 3.8) is 0 Å². The quantitative estimate of drug-likeness (QED) is 0.237. The predicted octanol–water partition coefficient (Wildman–Crippen LogP) is 6.43. The SMILES string of the molecule is CCOC(=O)c1c(-c2ccc(F)cc2)oc2cc(N(C)S(C)(=O)=O)c(-c3cccc(C(=O)OC(C)(C)C)c3)cc12. The lowest BCUT2D eigenvalue weighted by Crippen LogP contribution is -2.25. The maximum Gasteiger partial charge on any atom is 0.342 e. The molecule has 4 aromatic rings. The van der Waals surface area contributed by atoms with Gasteiger partial charge in [0.05, 0.1) is 24.1 Å². The highest BCUT2D eigenvalue weighted by Crippen LogP contribution is 2.41. The van der Waals surface area contributed by atoms with Crippen LogP contribution in [0, 0.1) is 5.82 Å². The van der Waals surface area contributed by atoms with Crippen molar-refractivity contribution in [3.05, 3.63) is 77.6 Å². The molecule has 210 valence electrons. The first-order chi connectivity index (χ1) is 18.7. The fraction of sp³-hybridized carbons (Fsp3) is 0.267. The first-order valence-electron chi connectivity index (χ1n) is 12.5. The molecule has 0 unspecified atom stereocenters. The van der Waals surface area contributed by atoms with Crippen LogP contribution in [0.2, 0.25) is 0 Å². The number of esters is 2. The Hall–Kier alpha value is -4.18. The second-order valence-corrected chi connectivity index (χ2v) is 12.2. The molecule has 1 heterocycles. The third kappa shape index (κ3) is 6.02. The maximum absolute atomic E-state index is 13.6. The van der Waals surface area contributed by atoms with E-state index in [1.807, 2.05) is 0 Å². The van der Waals surface area contributed by atoms with Crippen LogP contribution in [0.15, 0.2) is 65.1 Å². The topological polar surface area (TPSA) is 103 Å². The predicted molar refractivity (Wildman–Crippen MR) is 151 cm³/mol. The van der Waals surface area contributed by atoms with Crippen molar-refractivity contribution in [2.75, 3.05) is 24.2 Å². The molecule has 0 spiro atoms. The Morgan fingerprint density at radius 2 is 1.65 bits per heavy atom. The molecule has 0 aliphatic heterocycles. The highest BCUT2D eigenvalue weighted by molar-refractivity contribution is 7.92. The summed E-state index contributed by atoms with van der Waals surface area (Å²) in [6.07, 6.45) is 1.06. The Labute approximate surface area is 232 Å². The number of carbonyl (C=O) groups excluding carboxylic acids is 2. The average Bonchev–Trinajstić information content (AvgIpc) is 3.25. The van der Waals surface area contributed by atoms with Gasteiger partial charge in [-0.1, -0.05) is 12.1 Å². The van der Waals surface area contributed by atoms with Gasteiger partial charge < -0.3 is 13.9 Å². The molecule has 0 fully saturated rings. The van der Waals surface area contributed by atoms with Crippen LogP contribution in [0.4, 0.5) is 10.1 Å². The van der Waals surface area contributed by atoms with Gasteiger partial charge in [-0.05, 0) is 75.7 Å². The first kappa shape index (κ1) is 28.8. The van der Waals surface area contributed by atoms with Crippen molar-refractivity contribution in [1.82, 2.24) is 0 Å². The summed E-state index contributed by atoms with van der Waals surface area (Å²) in [6.45, 7) is 7.06. The van der Waals surface area contributed by atoms with Gasteiger partial charge in [-0.2, -0.15) is 0 Å². The molecule has 0 aliphatic carbocycles. The van der Waals surface area contributed by atoms with Crippen LogP contribution in [0.1, 0.15) is 48.4 Å². The normalized spacial score (nSPS) is 11.9. The Kier molecular flexibility index (Phi) is 7.76. The minimum absolute atomic E-state index is 0.105. The van der Waals surface area contributed by atoms with E-state index in [1.165, 1.54) is 37.4 Å². The molecule has 0 N–H and O–H groups in total. The van der Waals surface area contributed by atoms with Gasteiger partial charge in [0.15, 0.2) is 0 Å². The van der Waals surface area contributed by atoms with Gasteiger partial charge in [-0.15, -0.1) is 0 Å². The Balaban J connectivity index is 2.02. The molecule has 8 nitrogen and oxygen atoms in total. The van der Waals surface area contributed by atoms with E-state index >= 15 is 0 Å². The van der Waals surface area contributed by atoms with E-state index < -0.39 is 33.4 Å². The number of furan rings is 1. The number of benzene rings is 3. The van der Waals surface area contributed by atoms with Crippen LogP contribution in [0.25, 0.3) is 33.4 Å². The molecule has 3 aromatic carbocycles. The highest BCUT2D eigenvalue weighted by Gasteiger charge is 2.27. The third-order valence-corrected chi connectivity index (χ3v) is 7.23. The zero-order chi connectivity index (χ0) is 29.4. The number of anilines is 1. The van der Waals surface area contributed by atoms with Gasteiger partial charge in [-0.3, -0.25) is 4.31 Å². The van der Waals surface area contributed by atoms with E-state index in [0.717, 1.165) is 10.6 Å². The monoisotopic (exact) mass is 567 g/mol. The van der Waals surface area contributed by atoms with Gasteiger partial charge >= 0.3 is 11.9 Å². The van der Waals surface area contributed by atoms with Crippen molar-refractivity contribution >= 4 is 38.6 Å². The summed E-state index contributed by atoms with van der Waals surface area (Å²) >= 11 is 0. The summed E-state index contributed by atoms with van der Waals surface area (Å²) in [5.41, 5.74) is 1.51. The number of sulfonamides is 1. The Morgan fingerprint density at radius 3 is 2.25 bits per heavy atom. The van der Waals surface area contributed by atoms with E-state index in [4.69, 9.17) is 13.9 Å². The van der Waals surface area contributed by atoms with Crippen LogP contribution in [0.5, 0.6) is 0 Å². The molecule has 0 saturated heterocycles. The number of hydrogen-bond donors (Lipinski definition) is 0. The molecule has 40 heavy (non-hydrogen) atoms. The second kappa shape index (κ2) is 10.8. The van der Waals surface area contributed by atoms with Crippen LogP contribution in [-0.2, 0) is 19.5 Å². The number of carbonyl (C=O) groups is 2. The molecule has 1 aromatic heterocycles. The number of fused-ring (bicyclic) bond motifs is 1. The summed E-state index contributed by atoms with van der Waals surface area (Å²) < 4.78 is 56.9. The standard InChI is InChI=1S/C30H30FNO7S/c1-7-37-29(34)26-23-16-22(19-9-8-10-20(15-19)28(33)39-30(2,3)4)24(32(5)40(6,35)36)17-25(23)38-27(26)18-11-13-21(31)14-12-18/h8-17H,7H2,1-6H3. The maximum atomic E-state index is 13.6. The van der Waals surface area contributed by atoms with Gasteiger partial charge in [0.25, 0.3) is 0 Å². The lowest BCUT2D eigenvalue weighted by Gasteiger charge is -2.22. The number of rotatable bonds is 7. The third-order valence-electron chi connectivity index (χ3n) is 6.04. The fourth-order valence-corrected chi connectivity index (χ4v) is 4.67. The Morgan fingerprint density at radius 1 is 0.975 bits per heavy atom. The number of hydrogen-bond acceptors (Lipinski definition) is 7. The molecule has 0 radical (unpaired) electrons. The van der Waals surface area contributed by atoms with Crippen molar-refractivity contribution in [2.45, 2.75) is 33.3 Å². The van der Waals surface area contributed by atoms with E-state index in [1.54, 1.807) is 58.0 Å². The van der Waals surface area contributed by atoms with Gasteiger partial charge in [-0.25, -0.2) is 22.4 Å². The summed E-state index contributed by atoms with van der Waals surface area (Å²) in [4.78, 5) is 26.0. The van der Waals surface area contributed by atoms with E-state index in [9.17, 15) is 22.4 Å². The van der Waals surface area contributed by atoms with Gasteiger partial charge in [0.1, 0.15) is 28.3 Å². The fourth-order valence-electron chi connectivity index (χ4n) is 4.16. The highest BCUT2D eigenvalue weighted by atomic mass is 32.2. The molecule has 0 amide bonds. The number of nitrogens with zero attached hydrogens (tertiary/aromatic N) is 1. The van der Waals surface area contributed by atoms with Crippen molar-refractivity contribution < 1.29 is 36.3 Å². The molecule has 0 atom stereocenters. The van der Waals surface area contributed by atoms with Crippen LogP contribution in [-0.4, -0.2) is 45.9 Å². The molecule has 0 aliphatic rings. The molecule has 4 rings (SSSR count). The van der Waals surface area contributed by atoms with Crippen molar-refractivity contribution in [1.29, 1.82) is 0 Å². The van der Waals surface area contributed by atoms with Crippen LogP contribution >= 0.6 is 0 Å².